The zero-order valence-electron chi connectivity index (χ0n) is 14.4. The van der Waals surface area contributed by atoms with E-state index in [-0.39, 0.29) is 0 Å². The number of anilines is 1. The van der Waals surface area contributed by atoms with Crippen LogP contribution in [0.1, 0.15) is 25.3 Å². The standard InChI is InChI=1S/C16H20F6N2OS/c1-4-5-10-24(13(26)23(2)3)12-8-6-11(7-9-12)14(25,15(17,18)19)16(20,21)22/h6-9,25H,4-5,10H2,1-3H3. The van der Waals surface area contributed by atoms with Crippen LogP contribution in [0.3, 0.4) is 0 Å². The topological polar surface area (TPSA) is 26.7 Å². The first kappa shape index (κ1) is 22.5. The quantitative estimate of drug-likeness (QED) is 0.582. The van der Waals surface area contributed by atoms with Crippen molar-refractivity contribution in [2.45, 2.75) is 37.7 Å². The fourth-order valence-corrected chi connectivity index (χ4v) is 2.46. The normalized spacial score (nSPS) is 12.8. The monoisotopic (exact) mass is 402 g/mol. The summed E-state index contributed by atoms with van der Waals surface area (Å²) >= 11 is 5.26. The number of aliphatic hydroxyl groups is 1. The maximum Gasteiger partial charge on any atom is 0.430 e. The van der Waals surface area contributed by atoms with Gasteiger partial charge in [0.25, 0.3) is 5.60 Å². The van der Waals surface area contributed by atoms with Crippen molar-refractivity contribution < 1.29 is 31.4 Å². The van der Waals surface area contributed by atoms with Crippen LogP contribution in [0.4, 0.5) is 32.0 Å². The van der Waals surface area contributed by atoms with Crippen LogP contribution < -0.4 is 4.90 Å². The van der Waals surface area contributed by atoms with Gasteiger partial charge in [-0.3, -0.25) is 0 Å². The lowest BCUT2D eigenvalue weighted by Gasteiger charge is -2.33. The molecule has 0 heterocycles. The summed E-state index contributed by atoms with van der Waals surface area (Å²) in [6.45, 7) is 2.39. The van der Waals surface area contributed by atoms with E-state index in [0.29, 0.717) is 29.5 Å². The van der Waals surface area contributed by atoms with E-state index in [0.717, 1.165) is 25.0 Å². The Balaban J connectivity index is 3.32. The van der Waals surface area contributed by atoms with E-state index in [1.807, 2.05) is 6.92 Å². The molecule has 1 aromatic rings. The minimum Gasteiger partial charge on any atom is -0.369 e. The van der Waals surface area contributed by atoms with Gasteiger partial charge in [0.15, 0.2) is 5.11 Å². The first-order valence-corrected chi connectivity index (χ1v) is 8.13. The number of benzene rings is 1. The van der Waals surface area contributed by atoms with Crippen LogP contribution >= 0.6 is 12.2 Å². The van der Waals surface area contributed by atoms with Crippen molar-refractivity contribution in [2.24, 2.45) is 0 Å². The van der Waals surface area contributed by atoms with Crippen LogP contribution in [0, 0.1) is 0 Å². The van der Waals surface area contributed by atoms with Gasteiger partial charge >= 0.3 is 12.4 Å². The van der Waals surface area contributed by atoms with E-state index in [9.17, 15) is 31.4 Å². The second-order valence-corrected chi connectivity index (χ2v) is 6.30. The number of hydrogen-bond donors (Lipinski definition) is 1. The minimum atomic E-state index is -5.91. The lowest BCUT2D eigenvalue weighted by Crippen LogP contribution is -2.53. The van der Waals surface area contributed by atoms with Gasteiger partial charge in [0.1, 0.15) is 0 Å². The van der Waals surface area contributed by atoms with E-state index >= 15 is 0 Å². The van der Waals surface area contributed by atoms with E-state index in [1.54, 1.807) is 23.9 Å². The number of thiocarbonyl (C=S) groups is 1. The lowest BCUT2D eigenvalue weighted by molar-refractivity contribution is -0.376. The summed E-state index contributed by atoms with van der Waals surface area (Å²) in [6, 6.07) is 3.41. The third-order valence-corrected chi connectivity index (χ3v) is 4.35. The van der Waals surface area contributed by atoms with Gasteiger partial charge in [-0.15, -0.1) is 0 Å². The first-order chi connectivity index (χ1) is 11.8. The molecule has 0 atom stereocenters. The van der Waals surface area contributed by atoms with E-state index in [4.69, 9.17) is 12.2 Å². The predicted molar refractivity (Wildman–Crippen MR) is 91.0 cm³/mol. The third kappa shape index (κ3) is 4.40. The van der Waals surface area contributed by atoms with Gasteiger partial charge in [-0.05, 0) is 30.8 Å². The summed E-state index contributed by atoms with van der Waals surface area (Å²) < 4.78 is 77.6. The molecule has 0 saturated heterocycles. The number of alkyl halides is 6. The number of hydrogen-bond acceptors (Lipinski definition) is 2. The second-order valence-electron chi connectivity index (χ2n) is 5.93. The Morgan fingerprint density at radius 3 is 1.81 bits per heavy atom. The summed E-state index contributed by atoms with van der Waals surface area (Å²) in [4.78, 5) is 3.23. The molecule has 0 aliphatic carbocycles. The Bertz CT molecular complexity index is 599. The Labute approximate surface area is 153 Å². The average molecular weight is 402 g/mol. The number of halogens is 6. The van der Waals surface area contributed by atoms with Crippen LogP contribution in [-0.4, -0.2) is 48.1 Å². The minimum absolute atomic E-state index is 0.340. The third-order valence-electron chi connectivity index (χ3n) is 3.77. The van der Waals surface area contributed by atoms with E-state index < -0.39 is 23.5 Å². The van der Waals surface area contributed by atoms with Crippen LogP contribution in [0.5, 0.6) is 0 Å². The van der Waals surface area contributed by atoms with Crippen molar-refractivity contribution in [1.29, 1.82) is 0 Å². The number of rotatable bonds is 5. The van der Waals surface area contributed by atoms with Gasteiger partial charge in [0, 0.05) is 31.9 Å². The van der Waals surface area contributed by atoms with Gasteiger partial charge in [-0.1, -0.05) is 25.5 Å². The maximum atomic E-state index is 12.9. The molecule has 0 aliphatic heterocycles. The van der Waals surface area contributed by atoms with Crippen molar-refractivity contribution >= 4 is 23.0 Å². The highest BCUT2D eigenvalue weighted by Gasteiger charge is 2.71. The molecule has 3 nitrogen and oxygen atoms in total. The molecule has 148 valence electrons. The zero-order chi connectivity index (χ0) is 20.3. The number of nitrogens with zero attached hydrogens (tertiary/aromatic N) is 2. The van der Waals surface area contributed by atoms with Gasteiger partial charge < -0.3 is 14.9 Å². The molecule has 0 radical (unpaired) electrons. The summed E-state index contributed by atoms with van der Waals surface area (Å²) in [5, 5.41) is 9.79. The Kier molecular flexibility index (Phi) is 6.92. The van der Waals surface area contributed by atoms with Crippen molar-refractivity contribution in [2.75, 3.05) is 25.5 Å². The molecule has 0 fully saturated rings. The van der Waals surface area contributed by atoms with Crippen molar-refractivity contribution in [1.82, 2.24) is 4.90 Å². The van der Waals surface area contributed by atoms with Crippen molar-refractivity contribution in [3.8, 4) is 0 Å². The highest BCUT2D eigenvalue weighted by molar-refractivity contribution is 7.80. The largest absolute Gasteiger partial charge is 0.430 e. The summed E-state index contributed by atoms with van der Waals surface area (Å²) in [7, 11) is 3.36. The van der Waals surface area contributed by atoms with E-state index in [1.165, 1.54) is 0 Å². The maximum absolute atomic E-state index is 12.9. The Morgan fingerprint density at radius 1 is 1.00 bits per heavy atom. The molecule has 0 amide bonds. The first-order valence-electron chi connectivity index (χ1n) is 7.72. The summed E-state index contributed by atoms with van der Waals surface area (Å²) in [5.41, 5.74) is -5.89. The van der Waals surface area contributed by atoms with Crippen LogP contribution in [0.2, 0.25) is 0 Å². The fraction of sp³-hybridized carbons (Fsp3) is 0.562. The fourth-order valence-electron chi connectivity index (χ4n) is 2.26. The molecule has 1 aromatic carbocycles. The molecule has 0 unspecified atom stereocenters. The van der Waals surface area contributed by atoms with Crippen molar-refractivity contribution in [3.05, 3.63) is 29.8 Å². The van der Waals surface area contributed by atoms with E-state index in [2.05, 4.69) is 0 Å². The van der Waals surface area contributed by atoms with Gasteiger partial charge in [-0.25, -0.2) is 0 Å². The molecule has 0 spiro atoms. The molecule has 10 heteroatoms. The molecule has 0 saturated carbocycles. The molecule has 1 N–H and O–H groups in total. The lowest BCUT2D eigenvalue weighted by atomic mass is 9.92. The molecule has 26 heavy (non-hydrogen) atoms. The zero-order valence-corrected chi connectivity index (χ0v) is 15.3. The SMILES string of the molecule is CCCCN(C(=S)N(C)C)c1ccc(C(O)(C(F)(F)F)C(F)(F)F)cc1. The molecule has 0 bridgehead atoms. The van der Waals surface area contributed by atoms with Crippen LogP contribution in [-0.2, 0) is 5.60 Å². The van der Waals surface area contributed by atoms with Crippen molar-refractivity contribution in [3.63, 3.8) is 0 Å². The Hall–Kier alpha value is -1.55. The molecular weight excluding hydrogens is 382 g/mol. The van der Waals surface area contributed by atoms with Gasteiger partial charge in [-0.2, -0.15) is 26.3 Å². The number of unbranched alkanes of at least 4 members (excludes halogenated alkanes) is 1. The summed E-state index contributed by atoms with van der Waals surface area (Å²) in [6.07, 6.45) is -10.3. The molecular formula is C16H20F6N2OS. The van der Waals surface area contributed by atoms with Crippen LogP contribution in [0.15, 0.2) is 24.3 Å². The Morgan fingerprint density at radius 2 is 1.46 bits per heavy atom. The highest BCUT2D eigenvalue weighted by Crippen LogP contribution is 2.50. The predicted octanol–water partition coefficient (Wildman–Crippen LogP) is 4.45. The molecule has 1 rings (SSSR count). The highest BCUT2D eigenvalue weighted by atomic mass is 32.1. The van der Waals surface area contributed by atoms with Crippen LogP contribution in [0.25, 0.3) is 0 Å². The summed E-state index contributed by atoms with van der Waals surface area (Å²) in [5.74, 6) is 0. The molecule has 0 aliphatic rings. The average Bonchev–Trinajstić information content (AvgIpc) is 2.52. The molecule has 0 aromatic heterocycles. The van der Waals surface area contributed by atoms with Gasteiger partial charge in [0.05, 0.1) is 0 Å². The second kappa shape index (κ2) is 7.99. The van der Waals surface area contributed by atoms with Gasteiger partial charge in [0.2, 0.25) is 0 Å². The smallest absolute Gasteiger partial charge is 0.369 e.